The molecule has 1 aliphatic heterocycles. The summed E-state index contributed by atoms with van der Waals surface area (Å²) < 4.78 is 66.0. The molecule has 1 N–H and O–H groups in total. The molecule has 0 radical (unpaired) electrons. The maximum absolute atomic E-state index is 12.9. The molecule has 7 nitrogen and oxygen atoms in total. The van der Waals surface area contributed by atoms with Gasteiger partial charge in [0.15, 0.2) is 0 Å². The van der Waals surface area contributed by atoms with Gasteiger partial charge in [0, 0.05) is 39.3 Å². The Labute approximate surface area is 171 Å². The lowest BCUT2D eigenvalue weighted by molar-refractivity contribution is 0.181. The van der Waals surface area contributed by atoms with Gasteiger partial charge in [-0.3, -0.25) is 4.90 Å². The van der Waals surface area contributed by atoms with Crippen LogP contribution in [0.3, 0.4) is 0 Å². The Morgan fingerprint density at radius 3 is 2.10 bits per heavy atom. The van der Waals surface area contributed by atoms with Gasteiger partial charge in [-0.25, -0.2) is 25.9 Å². The summed E-state index contributed by atoms with van der Waals surface area (Å²) in [7, 11) is -7.45. The number of piperazine rings is 1. The molecule has 2 aromatic carbocycles. The van der Waals surface area contributed by atoms with E-state index in [4.69, 9.17) is 0 Å². The molecule has 1 heterocycles. The van der Waals surface area contributed by atoms with Crippen molar-refractivity contribution in [3.63, 3.8) is 0 Å². The van der Waals surface area contributed by atoms with Crippen LogP contribution in [0.2, 0.25) is 0 Å². The van der Waals surface area contributed by atoms with Gasteiger partial charge in [-0.05, 0) is 29.8 Å². The smallest absolute Gasteiger partial charge is 0.240 e. The standard InChI is InChI=1S/C19H24FN3O4S2/c20-18-6-8-19(9-7-18)29(26,27)21-10-15-28(24,25)23-13-11-22(12-14-23)16-17-4-2-1-3-5-17/h1-9,21H,10-16H2. The maximum atomic E-state index is 12.9. The summed E-state index contributed by atoms with van der Waals surface area (Å²) >= 11 is 0. The van der Waals surface area contributed by atoms with Crippen LogP contribution >= 0.6 is 0 Å². The molecule has 0 unspecified atom stereocenters. The largest absolute Gasteiger partial charge is 0.296 e. The van der Waals surface area contributed by atoms with E-state index >= 15 is 0 Å². The molecule has 1 fully saturated rings. The van der Waals surface area contributed by atoms with Gasteiger partial charge in [-0.15, -0.1) is 0 Å². The number of sulfonamides is 2. The normalized spacial score (nSPS) is 16.7. The van der Waals surface area contributed by atoms with Crippen molar-refractivity contribution < 1.29 is 21.2 Å². The number of halogens is 1. The molecule has 29 heavy (non-hydrogen) atoms. The Morgan fingerprint density at radius 2 is 1.48 bits per heavy atom. The number of hydrogen-bond acceptors (Lipinski definition) is 5. The van der Waals surface area contributed by atoms with Crippen molar-refractivity contribution in [1.82, 2.24) is 13.9 Å². The van der Waals surface area contributed by atoms with Gasteiger partial charge in [-0.2, -0.15) is 4.31 Å². The van der Waals surface area contributed by atoms with E-state index in [0.717, 1.165) is 30.8 Å². The van der Waals surface area contributed by atoms with Gasteiger partial charge >= 0.3 is 0 Å². The highest BCUT2D eigenvalue weighted by Crippen LogP contribution is 2.12. The third kappa shape index (κ3) is 6.06. The van der Waals surface area contributed by atoms with E-state index in [1.807, 2.05) is 30.3 Å². The minimum absolute atomic E-state index is 0.106. The first-order valence-corrected chi connectivity index (χ1v) is 12.3. The third-order valence-electron chi connectivity index (χ3n) is 4.75. The first kappa shape index (κ1) is 21.8. The Balaban J connectivity index is 1.48. The Kier molecular flexibility index (Phi) is 7.01. The Morgan fingerprint density at radius 1 is 0.862 bits per heavy atom. The van der Waals surface area contributed by atoms with Gasteiger partial charge in [0.05, 0.1) is 10.6 Å². The second-order valence-electron chi connectivity index (χ2n) is 6.83. The molecular weight excluding hydrogens is 417 g/mol. The molecule has 1 saturated heterocycles. The van der Waals surface area contributed by atoms with Crippen LogP contribution in [0.4, 0.5) is 4.39 Å². The fourth-order valence-electron chi connectivity index (χ4n) is 3.14. The number of hydrogen-bond donors (Lipinski definition) is 1. The average molecular weight is 442 g/mol. The molecule has 0 bridgehead atoms. The molecule has 0 spiro atoms. The van der Waals surface area contributed by atoms with E-state index in [2.05, 4.69) is 9.62 Å². The molecule has 1 aliphatic rings. The van der Waals surface area contributed by atoms with Crippen molar-refractivity contribution in [2.24, 2.45) is 0 Å². The van der Waals surface area contributed by atoms with Gasteiger partial charge in [0.1, 0.15) is 5.82 Å². The quantitative estimate of drug-likeness (QED) is 0.666. The Hall–Kier alpha value is -1.85. The fourth-order valence-corrected chi connectivity index (χ4v) is 5.64. The SMILES string of the molecule is O=S(=O)(NCCS(=O)(=O)N1CCN(Cc2ccccc2)CC1)c1ccc(F)cc1. The summed E-state index contributed by atoms with van der Waals surface area (Å²) in [6.45, 7) is 2.52. The van der Waals surface area contributed by atoms with E-state index < -0.39 is 25.9 Å². The number of rotatable bonds is 8. The first-order chi connectivity index (χ1) is 13.8. The predicted molar refractivity (Wildman–Crippen MR) is 109 cm³/mol. The van der Waals surface area contributed by atoms with E-state index in [0.29, 0.717) is 26.2 Å². The van der Waals surface area contributed by atoms with E-state index in [-0.39, 0.29) is 17.2 Å². The van der Waals surface area contributed by atoms with Crippen LogP contribution in [0.1, 0.15) is 5.56 Å². The molecule has 2 aromatic rings. The second-order valence-corrected chi connectivity index (χ2v) is 10.7. The van der Waals surface area contributed by atoms with Crippen molar-refractivity contribution >= 4 is 20.0 Å². The Bertz CT molecular complexity index is 1010. The summed E-state index contributed by atoms with van der Waals surface area (Å²) in [6, 6.07) is 14.3. The van der Waals surface area contributed by atoms with Crippen molar-refractivity contribution in [3.05, 3.63) is 66.0 Å². The maximum Gasteiger partial charge on any atom is 0.240 e. The van der Waals surface area contributed by atoms with Gasteiger partial charge in [0.2, 0.25) is 20.0 Å². The number of nitrogens with one attached hydrogen (secondary N) is 1. The van der Waals surface area contributed by atoms with Crippen LogP contribution < -0.4 is 4.72 Å². The third-order valence-corrected chi connectivity index (χ3v) is 8.10. The molecule has 0 aromatic heterocycles. The monoisotopic (exact) mass is 441 g/mol. The zero-order valence-electron chi connectivity index (χ0n) is 15.9. The summed E-state index contributed by atoms with van der Waals surface area (Å²) in [4.78, 5) is 2.09. The van der Waals surface area contributed by atoms with E-state index in [1.54, 1.807) is 0 Å². The van der Waals surface area contributed by atoms with Crippen LogP contribution in [0.15, 0.2) is 59.5 Å². The van der Waals surface area contributed by atoms with Crippen molar-refractivity contribution in [1.29, 1.82) is 0 Å². The molecule has 10 heteroatoms. The molecule has 0 atom stereocenters. The van der Waals surface area contributed by atoms with Crippen LogP contribution in [0.25, 0.3) is 0 Å². The van der Waals surface area contributed by atoms with Crippen LogP contribution in [-0.4, -0.2) is 64.5 Å². The summed E-state index contributed by atoms with van der Waals surface area (Å²) in [5.74, 6) is -0.871. The average Bonchev–Trinajstić information content (AvgIpc) is 2.69. The lowest BCUT2D eigenvalue weighted by Gasteiger charge is -2.34. The van der Waals surface area contributed by atoms with Crippen LogP contribution in [-0.2, 0) is 26.6 Å². The molecule has 3 rings (SSSR count). The van der Waals surface area contributed by atoms with Crippen molar-refractivity contribution in [2.45, 2.75) is 11.4 Å². The van der Waals surface area contributed by atoms with Crippen LogP contribution in [0.5, 0.6) is 0 Å². The van der Waals surface area contributed by atoms with Gasteiger partial charge in [0.25, 0.3) is 0 Å². The zero-order chi connectivity index (χ0) is 20.9. The topological polar surface area (TPSA) is 86.8 Å². The summed E-state index contributed by atoms with van der Waals surface area (Å²) in [5, 5.41) is 0. The summed E-state index contributed by atoms with van der Waals surface area (Å²) in [6.07, 6.45) is 0. The second kappa shape index (κ2) is 9.31. The molecule has 0 amide bonds. The minimum atomic E-state index is -3.88. The highest BCUT2D eigenvalue weighted by Gasteiger charge is 2.27. The number of nitrogens with zero attached hydrogens (tertiary/aromatic N) is 2. The highest BCUT2D eigenvalue weighted by atomic mass is 32.2. The molecule has 158 valence electrons. The zero-order valence-corrected chi connectivity index (χ0v) is 17.5. The molecule has 0 aliphatic carbocycles. The van der Waals surface area contributed by atoms with Crippen molar-refractivity contribution in [2.75, 3.05) is 38.5 Å². The fraction of sp³-hybridized carbons (Fsp3) is 0.368. The molecule has 0 saturated carbocycles. The molecular formula is C19H24FN3O4S2. The number of benzene rings is 2. The van der Waals surface area contributed by atoms with Crippen molar-refractivity contribution in [3.8, 4) is 0 Å². The summed E-state index contributed by atoms with van der Waals surface area (Å²) in [5.41, 5.74) is 1.18. The van der Waals surface area contributed by atoms with E-state index in [9.17, 15) is 21.2 Å². The minimum Gasteiger partial charge on any atom is -0.296 e. The predicted octanol–water partition coefficient (Wildman–Crippen LogP) is 1.25. The highest BCUT2D eigenvalue weighted by molar-refractivity contribution is 7.90. The van der Waals surface area contributed by atoms with E-state index in [1.165, 1.54) is 9.87 Å². The first-order valence-electron chi connectivity index (χ1n) is 9.26. The van der Waals surface area contributed by atoms with Crippen LogP contribution in [0, 0.1) is 5.82 Å². The van der Waals surface area contributed by atoms with Gasteiger partial charge in [-0.1, -0.05) is 30.3 Å². The lowest BCUT2D eigenvalue weighted by Crippen LogP contribution is -2.49. The lowest BCUT2D eigenvalue weighted by atomic mass is 10.2. The van der Waals surface area contributed by atoms with Gasteiger partial charge < -0.3 is 0 Å².